The maximum Gasteiger partial charge on any atom is 0.000167 e. The van der Waals surface area contributed by atoms with Crippen LogP contribution in [0.15, 0.2) is 48.5 Å². The van der Waals surface area contributed by atoms with Crippen molar-refractivity contribution in [3.05, 3.63) is 70.8 Å². The van der Waals surface area contributed by atoms with Gasteiger partial charge in [-0.2, -0.15) is 0 Å². The Morgan fingerprint density at radius 3 is 2.05 bits per heavy atom. The topological polar surface area (TPSA) is 26.0 Å². The third-order valence-corrected chi connectivity index (χ3v) is 4.09. The highest BCUT2D eigenvalue weighted by atomic mass is 14.5. The Hall–Kier alpha value is -1.60. The van der Waals surface area contributed by atoms with Gasteiger partial charge in [0.15, 0.2) is 0 Å². The lowest BCUT2D eigenvalue weighted by Gasteiger charge is -2.17. The first kappa shape index (κ1) is 14.8. The molecule has 106 valence electrons. The SMILES string of the molecule is Cc1ccccc1CC(CN)c1ccc(C(C)C)cc1. The number of hydrogen-bond acceptors (Lipinski definition) is 1. The predicted octanol–water partition coefficient (Wildman–Crippen LogP) is 4.40. The lowest BCUT2D eigenvalue weighted by atomic mass is 9.89. The molecule has 0 heterocycles. The van der Waals surface area contributed by atoms with Gasteiger partial charge in [0, 0.05) is 5.92 Å². The average Bonchev–Trinajstić information content (AvgIpc) is 2.46. The van der Waals surface area contributed by atoms with Gasteiger partial charge >= 0.3 is 0 Å². The van der Waals surface area contributed by atoms with E-state index >= 15 is 0 Å². The van der Waals surface area contributed by atoms with Gasteiger partial charge in [-0.1, -0.05) is 62.4 Å². The van der Waals surface area contributed by atoms with Gasteiger partial charge in [0.05, 0.1) is 0 Å². The first-order chi connectivity index (χ1) is 9.61. The molecule has 2 aromatic carbocycles. The lowest BCUT2D eigenvalue weighted by molar-refractivity contribution is 0.691. The summed E-state index contributed by atoms with van der Waals surface area (Å²) in [6.45, 7) is 7.31. The zero-order valence-electron chi connectivity index (χ0n) is 12.8. The molecule has 0 bridgehead atoms. The van der Waals surface area contributed by atoms with E-state index in [1.165, 1.54) is 22.3 Å². The fraction of sp³-hybridized carbons (Fsp3) is 0.368. The van der Waals surface area contributed by atoms with E-state index in [1.807, 2.05) is 0 Å². The molecule has 0 saturated heterocycles. The largest absolute Gasteiger partial charge is 0.330 e. The van der Waals surface area contributed by atoms with Crippen molar-refractivity contribution in [2.24, 2.45) is 5.73 Å². The molecule has 0 aromatic heterocycles. The molecular weight excluding hydrogens is 242 g/mol. The van der Waals surface area contributed by atoms with Crippen LogP contribution in [0.4, 0.5) is 0 Å². The zero-order chi connectivity index (χ0) is 14.5. The summed E-state index contributed by atoms with van der Waals surface area (Å²) >= 11 is 0. The first-order valence-electron chi connectivity index (χ1n) is 7.46. The van der Waals surface area contributed by atoms with Gasteiger partial charge in [-0.15, -0.1) is 0 Å². The third-order valence-electron chi connectivity index (χ3n) is 4.09. The minimum Gasteiger partial charge on any atom is -0.330 e. The van der Waals surface area contributed by atoms with Crippen LogP contribution >= 0.6 is 0 Å². The van der Waals surface area contributed by atoms with Gasteiger partial charge in [0.1, 0.15) is 0 Å². The number of benzene rings is 2. The molecule has 2 aromatic rings. The van der Waals surface area contributed by atoms with E-state index in [4.69, 9.17) is 5.73 Å². The lowest BCUT2D eigenvalue weighted by Crippen LogP contribution is -2.15. The molecule has 1 atom stereocenters. The molecule has 0 radical (unpaired) electrons. The van der Waals surface area contributed by atoms with Crippen LogP contribution in [0, 0.1) is 6.92 Å². The van der Waals surface area contributed by atoms with E-state index in [1.54, 1.807) is 0 Å². The van der Waals surface area contributed by atoms with Crippen molar-refractivity contribution in [3.63, 3.8) is 0 Å². The van der Waals surface area contributed by atoms with E-state index in [9.17, 15) is 0 Å². The maximum atomic E-state index is 6.00. The van der Waals surface area contributed by atoms with E-state index in [-0.39, 0.29) is 0 Å². The molecule has 0 aliphatic carbocycles. The molecule has 0 aliphatic rings. The highest BCUT2D eigenvalue weighted by Gasteiger charge is 2.12. The minimum atomic E-state index is 0.400. The summed E-state index contributed by atoms with van der Waals surface area (Å²) in [5.41, 5.74) is 11.5. The summed E-state index contributed by atoms with van der Waals surface area (Å²) in [5, 5.41) is 0. The van der Waals surface area contributed by atoms with Gasteiger partial charge in [-0.3, -0.25) is 0 Å². The maximum absolute atomic E-state index is 6.00. The van der Waals surface area contributed by atoms with Crippen molar-refractivity contribution in [3.8, 4) is 0 Å². The zero-order valence-corrected chi connectivity index (χ0v) is 12.8. The van der Waals surface area contributed by atoms with Crippen molar-refractivity contribution in [2.75, 3.05) is 6.54 Å². The van der Waals surface area contributed by atoms with Crippen molar-refractivity contribution in [1.82, 2.24) is 0 Å². The van der Waals surface area contributed by atoms with Crippen LogP contribution in [0.1, 0.15) is 47.9 Å². The molecule has 0 fully saturated rings. The van der Waals surface area contributed by atoms with E-state index in [2.05, 4.69) is 69.3 Å². The fourth-order valence-corrected chi connectivity index (χ4v) is 2.59. The van der Waals surface area contributed by atoms with Crippen LogP contribution in [0.5, 0.6) is 0 Å². The van der Waals surface area contributed by atoms with Crippen LogP contribution in [0.3, 0.4) is 0 Å². The highest BCUT2D eigenvalue weighted by Crippen LogP contribution is 2.24. The van der Waals surface area contributed by atoms with E-state index in [0.717, 1.165) is 6.42 Å². The Bertz CT molecular complexity index is 540. The summed E-state index contributed by atoms with van der Waals surface area (Å²) in [7, 11) is 0. The smallest absolute Gasteiger partial charge is 0.000167 e. The number of hydrogen-bond donors (Lipinski definition) is 1. The Balaban J connectivity index is 2.18. The van der Waals surface area contributed by atoms with E-state index < -0.39 is 0 Å². The van der Waals surface area contributed by atoms with Crippen LogP contribution in [-0.4, -0.2) is 6.54 Å². The second-order valence-corrected chi connectivity index (χ2v) is 5.88. The molecule has 20 heavy (non-hydrogen) atoms. The summed E-state index contributed by atoms with van der Waals surface area (Å²) in [6.07, 6.45) is 1.02. The Labute approximate surface area is 122 Å². The minimum absolute atomic E-state index is 0.400. The summed E-state index contributed by atoms with van der Waals surface area (Å²) in [4.78, 5) is 0. The monoisotopic (exact) mass is 267 g/mol. The molecule has 1 nitrogen and oxygen atoms in total. The van der Waals surface area contributed by atoms with Crippen LogP contribution in [-0.2, 0) is 6.42 Å². The number of nitrogens with two attached hydrogens (primary N) is 1. The Morgan fingerprint density at radius 2 is 1.50 bits per heavy atom. The predicted molar refractivity (Wildman–Crippen MR) is 87.2 cm³/mol. The molecule has 0 amide bonds. The Kier molecular flexibility index (Phi) is 4.97. The fourth-order valence-electron chi connectivity index (χ4n) is 2.59. The average molecular weight is 267 g/mol. The highest BCUT2D eigenvalue weighted by molar-refractivity contribution is 5.32. The third kappa shape index (κ3) is 3.49. The van der Waals surface area contributed by atoms with Gasteiger partial charge < -0.3 is 5.73 Å². The summed E-state index contributed by atoms with van der Waals surface area (Å²) in [5.74, 6) is 0.981. The van der Waals surface area contributed by atoms with Gasteiger partial charge in [-0.05, 0) is 48.1 Å². The first-order valence-corrected chi connectivity index (χ1v) is 7.46. The van der Waals surface area contributed by atoms with Crippen molar-refractivity contribution in [1.29, 1.82) is 0 Å². The normalized spacial score (nSPS) is 12.7. The molecule has 0 aliphatic heterocycles. The van der Waals surface area contributed by atoms with E-state index in [0.29, 0.717) is 18.4 Å². The Morgan fingerprint density at radius 1 is 0.900 bits per heavy atom. The quantitative estimate of drug-likeness (QED) is 0.853. The van der Waals surface area contributed by atoms with Crippen LogP contribution < -0.4 is 5.73 Å². The molecule has 2 rings (SSSR count). The van der Waals surface area contributed by atoms with Gasteiger partial charge in [0.25, 0.3) is 0 Å². The van der Waals surface area contributed by atoms with Gasteiger partial charge in [-0.25, -0.2) is 0 Å². The second kappa shape index (κ2) is 6.71. The molecule has 0 spiro atoms. The van der Waals surface area contributed by atoms with Crippen molar-refractivity contribution in [2.45, 2.75) is 39.0 Å². The van der Waals surface area contributed by atoms with Gasteiger partial charge in [0.2, 0.25) is 0 Å². The summed E-state index contributed by atoms with van der Waals surface area (Å²) < 4.78 is 0. The molecule has 2 N–H and O–H groups in total. The van der Waals surface area contributed by atoms with Crippen molar-refractivity contribution >= 4 is 0 Å². The molecule has 0 saturated carbocycles. The number of aryl methyl sites for hydroxylation is 1. The van der Waals surface area contributed by atoms with Crippen molar-refractivity contribution < 1.29 is 0 Å². The number of rotatable bonds is 5. The standard InChI is InChI=1S/C19H25N/c1-14(2)16-8-10-17(11-9-16)19(13-20)12-18-7-5-4-6-15(18)3/h4-11,14,19H,12-13,20H2,1-3H3. The molecule has 1 heteroatoms. The van der Waals surface area contributed by atoms with Crippen LogP contribution in [0.25, 0.3) is 0 Å². The van der Waals surface area contributed by atoms with Crippen LogP contribution in [0.2, 0.25) is 0 Å². The molecular formula is C19H25N. The second-order valence-electron chi connectivity index (χ2n) is 5.88. The summed E-state index contributed by atoms with van der Waals surface area (Å²) in [6, 6.07) is 17.5. The molecule has 1 unspecified atom stereocenters.